The summed E-state index contributed by atoms with van der Waals surface area (Å²) in [6.07, 6.45) is 65.3. The quantitative estimate of drug-likeness (QED) is 0.0222. The van der Waals surface area contributed by atoms with Gasteiger partial charge in [-0.05, 0) is 31.6 Å². The zero-order valence-corrected chi connectivity index (χ0v) is 67.1. The smallest absolute Gasteiger partial charge is 0.462 e. The monoisotopic (exact) mass is 1470 g/mol. The molecule has 0 aliphatic heterocycles. The summed E-state index contributed by atoms with van der Waals surface area (Å²) in [5, 5.41) is 10.6. The molecule has 17 nitrogen and oxygen atoms in total. The molecule has 0 aromatic heterocycles. The summed E-state index contributed by atoms with van der Waals surface area (Å²) in [6, 6.07) is 0. The first-order chi connectivity index (χ1) is 48.5. The van der Waals surface area contributed by atoms with Crippen LogP contribution in [0.25, 0.3) is 0 Å². The lowest BCUT2D eigenvalue weighted by Crippen LogP contribution is -2.30. The van der Waals surface area contributed by atoms with E-state index in [1.165, 1.54) is 250 Å². The van der Waals surface area contributed by atoms with E-state index in [1.54, 1.807) is 0 Å². The first-order valence-corrected chi connectivity index (χ1v) is 45.1. The molecular formula is C81H158O17P2. The number of carbonyl (C=O) groups is 4. The third kappa shape index (κ3) is 74.3. The first kappa shape index (κ1) is 98.1. The zero-order valence-electron chi connectivity index (χ0n) is 65.3. The highest BCUT2D eigenvalue weighted by Gasteiger charge is 2.30. The van der Waals surface area contributed by atoms with Crippen LogP contribution in [0.5, 0.6) is 0 Å². The predicted molar refractivity (Wildman–Crippen MR) is 409 cm³/mol. The van der Waals surface area contributed by atoms with Gasteiger partial charge in [-0.25, -0.2) is 9.13 Å². The maximum Gasteiger partial charge on any atom is 0.472 e. The highest BCUT2D eigenvalue weighted by atomic mass is 31.2. The van der Waals surface area contributed by atoms with Crippen molar-refractivity contribution in [1.82, 2.24) is 0 Å². The summed E-state index contributed by atoms with van der Waals surface area (Å²) in [5.41, 5.74) is 0. The van der Waals surface area contributed by atoms with Gasteiger partial charge < -0.3 is 33.8 Å². The van der Waals surface area contributed by atoms with Crippen molar-refractivity contribution in [3.05, 3.63) is 0 Å². The second kappa shape index (κ2) is 73.9. The van der Waals surface area contributed by atoms with Crippen molar-refractivity contribution in [3.63, 3.8) is 0 Å². The normalized spacial score (nSPS) is 13.8. The Morgan fingerprint density at radius 3 is 0.680 bits per heavy atom. The lowest BCUT2D eigenvalue weighted by Gasteiger charge is -2.21. The molecule has 5 atom stereocenters. The van der Waals surface area contributed by atoms with Gasteiger partial charge in [0.1, 0.15) is 19.3 Å². The number of hydrogen-bond donors (Lipinski definition) is 3. The van der Waals surface area contributed by atoms with E-state index in [0.29, 0.717) is 31.6 Å². The molecule has 0 saturated carbocycles. The fraction of sp³-hybridized carbons (Fsp3) is 0.951. The number of esters is 4. The molecule has 0 heterocycles. The molecule has 0 bridgehead atoms. The fourth-order valence-corrected chi connectivity index (χ4v) is 14.2. The molecule has 0 spiro atoms. The Kier molecular flexibility index (Phi) is 72.5. The molecule has 0 fully saturated rings. The minimum absolute atomic E-state index is 0.108. The number of hydrogen-bond acceptors (Lipinski definition) is 15. The highest BCUT2D eigenvalue weighted by molar-refractivity contribution is 7.47. The molecule has 2 unspecified atom stereocenters. The summed E-state index contributed by atoms with van der Waals surface area (Å²) < 4.78 is 68.7. The van der Waals surface area contributed by atoms with Crippen LogP contribution in [0.4, 0.5) is 0 Å². The number of aliphatic hydroxyl groups excluding tert-OH is 1. The Bertz CT molecular complexity index is 1910. The molecule has 0 aromatic rings. The number of aliphatic hydroxyl groups is 1. The largest absolute Gasteiger partial charge is 0.472 e. The van der Waals surface area contributed by atoms with Crippen LogP contribution in [0.1, 0.15) is 433 Å². The van der Waals surface area contributed by atoms with Crippen LogP contribution in [0.3, 0.4) is 0 Å². The molecule has 100 heavy (non-hydrogen) atoms. The number of phosphoric acid groups is 2. The lowest BCUT2D eigenvalue weighted by molar-refractivity contribution is -0.161. The van der Waals surface area contributed by atoms with Crippen molar-refractivity contribution in [1.29, 1.82) is 0 Å². The summed E-state index contributed by atoms with van der Waals surface area (Å²) in [4.78, 5) is 73.0. The van der Waals surface area contributed by atoms with Crippen molar-refractivity contribution in [2.75, 3.05) is 39.6 Å². The predicted octanol–water partition coefficient (Wildman–Crippen LogP) is 24.4. The molecule has 0 amide bonds. The van der Waals surface area contributed by atoms with Gasteiger partial charge in [0.25, 0.3) is 0 Å². The molecule has 19 heteroatoms. The lowest BCUT2D eigenvalue weighted by atomic mass is 10.0. The fourth-order valence-electron chi connectivity index (χ4n) is 12.6. The average molecular weight is 1470 g/mol. The Hall–Kier alpha value is -1.94. The Labute approximate surface area is 613 Å². The number of phosphoric ester groups is 2. The van der Waals surface area contributed by atoms with E-state index in [9.17, 15) is 43.2 Å². The molecule has 0 aliphatic carbocycles. The van der Waals surface area contributed by atoms with Crippen LogP contribution in [-0.2, 0) is 65.4 Å². The van der Waals surface area contributed by atoms with Crippen LogP contribution < -0.4 is 0 Å². The molecule has 594 valence electrons. The Morgan fingerprint density at radius 1 is 0.270 bits per heavy atom. The number of ether oxygens (including phenoxy) is 4. The Balaban J connectivity index is 5.23. The van der Waals surface area contributed by atoms with Gasteiger partial charge in [-0.3, -0.25) is 37.3 Å². The molecule has 0 saturated heterocycles. The molecule has 0 aliphatic rings. The number of rotatable bonds is 81. The highest BCUT2D eigenvalue weighted by Crippen LogP contribution is 2.45. The average Bonchev–Trinajstić information content (AvgIpc) is 0.918. The van der Waals surface area contributed by atoms with E-state index in [-0.39, 0.29) is 25.7 Å². The van der Waals surface area contributed by atoms with E-state index in [4.69, 9.17) is 37.0 Å². The summed E-state index contributed by atoms with van der Waals surface area (Å²) in [6.45, 7) is 7.28. The summed E-state index contributed by atoms with van der Waals surface area (Å²) >= 11 is 0. The van der Waals surface area contributed by atoms with Crippen LogP contribution in [0.15, 0.2) is 0 Å². The van der Waals surface area contributed by atoms with Gasteiger partial charge in [-0.15, -0.1) is 0 Å². The van der Waals surface area contributed by atoms with E-state index in [0.717, 1.165) is 96.3 Å². The maximum atomic E-state index is 13.1. The van der Waals surface area contributed by atoms with E-state index < -0.39 is 97.5 Å². The van der Waals surface area contributed by atoms with Gasteiger partial charge in [0.05, 0.1) is 26.4 Å². The molecular weight excluding hydrogens is 1310 g/mol. The SMILES string of the molecule is CCCCCCCCCCCCCCCCCCCCCC(=O)O[C@H](COC(=O)CCCCCCCCCCCCCCCCCC)COP(=O)(O)OC[C@@H](O)COP(=O)(O)OC[C@@H](COC(=O)CCCCCCCCCC(C)C)OC(=O)CCCCCCCCCCCCCCCCC. The third-order valence-corrected chi connectivity index (χ3v) is 20.9. The number of unbranched alkanes of at least 4 members (excludes halogenated alkanes) is 53. The number of carbonyl (C=O) groups excluding carboxylic acids is 4. The summed E-state index contributed by atoms with van der Waals surface area (Å²) in [7, 11) is -9.92. The molecule has 0 radical (unpaired) electrons. The van der Waals surface area contributed by atoms with E-state index in [1.807, 2.05) is 0 Å². The topological polar surface area (TPSA) is 237 Å². The van der Waals surface area contributed by atoms with E-state index >= 15 is 0 Å². The van der Waals surface area contributed by atoms with Crippen molar-refractivity contribution in [2.24, 2.45) is 5.92 Å². The van der Waals surface area contributed by atoms with Crippen LogP contribution >= 0.6 is 15.6 Å². The van der Waals surface area contributed by atoms with Crippen molar-refractivity contribution < 1.29 is 80.2 Å². The third-order valence-electron chi connectivity index (χ3n) is 19.0. The Morgan fingerprint density at radius 2 is 0.460 bits per heavy atom. The minimum Gasteiger partial charge on any atom is -0.462 e. The first-order valence-electron chi connectivity index (χ1n) is 42.1. The second-order valence-corrected chi connectivity index (χ2v) is 32.5. The van der Waals surface area contributed by atoms with Crippen LogP contribution in [-0.4, -0.2) is 96.7 Å². The zero-order chi connectivity index (χ0) is 73.4. The van der Waals surface area contributed by atoms with Crippen molar-refractivity contribution in [2.45, 2.75) is 451 Å². The van der Waals surface area contributed by atoms with E-state index in [2.05, 4.69) is 34.6 Å². The molecule has 3 N–H and O–H groups in total. The molecule has 0 rings (SSSR count). The minimum atomic E-state index is -4.96. The van der Waals surface area contributed by atoms with Gasteiger partial charge in [-0.1, -0.05) is 381 Å². The van der Waals surface area contributed by atoms with Crippen LogP contribution in [0.2, 0.25) is 0 Å². The maximum absolute atomic E-state index is 13.1. The molecule has 0 aromatic carbocycles. The van der Waals surface area contributed by atoms with Gasteiger partial charge in [0, 0.05) is 25.7 Å². The van der Waals surface area contributed by atoms with Gasteiger partial charge in [0.15, 0.2) is 12.2 Å². The van der Waals surface area contributed by atoms with Crippen LogP contribution in [0, 0.1) is 5.92 Å². The van der Waals surface area contributed by atoms with Gasteiger partial charge in [-0.2, -0.15) is 0 Å². The van der Waals surface area contributed by atoms with Gasteiger partial charge >= 0.3 is 39.5 Å². The second-order valence-electron chi connectivity index (χ2n) is 29.6. The van der Waals surface area contributed by atoms with Crippen molar-refractivity contribution >= 4 is 39.5 Å². The van der Waals surface area contributed by atoms with Crippen molar-refractivity contribution in [3.8, 4) is 0 Å². The standard InChI is InChI=1S/C81H158O17P2/c1-6-9-12-15-18-21-24-27-30-32-33-34-37-40-43-46-51-57-62-67-80(85)97-76(70-91-78(83)64-59-54-49-44-41-38-36-31-28-25-22-19-16-13-10-7-2)72-95-99(87,88)93-68-75(82)69-94-100(89,90)96-73-77(71-92-79(84)65-60-55-52-47-48-53-58-63-74(4)5)98-81(86)66-61-56-50-45-42-39-35-29-26-23-20-17-14-11-8-3/h74-77,82H,6-73H2,1-5H3,(H,87,88)(H,89,90)/t75-,76-,77-/m1/s1. The summed E-state index contributed by atoms with van der Waals surface area (Å²) in [5.74, 6) is -1.40. The van der Waals surface area contributed by atoms with Gasteiger partial charge in [0.2, 0.25) is 0 Å².